The van der Waals surface area contributed by atoms with E-state index in [0.29, 0.717) is 0 Å². The van der Waals surface area contributed by atoms with Gasteiger partial charge in [0.15, 0.2) is 5.76 Å². The Labute approximate surface area is 112 Å². The van der Waals surface area contributed by atoms with E-state index in [-0.39, 0.29) is 18.2 Å². The molecule has 2 aromatic rings. The molecule has 1 amide bonds. The molecule has 0 bridgehead atoms. The van der Waals surface area contributed by atoms with Gasteiger partial charge in [-0.05, 0) is 25.5 Å². The lowest BCUT2D eigenvalue weighted by atomic mass is 10.1. The van der Waals surface area contributed by atoms with Crippen molar-refractivity contribution >= 4 is 5.91 Å². The lowest BCUT2D eigenvalue weighted by Gasteiger charge is -2.17. The Morgan fingerprint density at radius 2 is 1.95 bits per heavy atom. The average molecular weight is 259 g/mol. The Bertz CT molecular complexity index is 552. The molecule has 1 aromatic heterocycles. The molecule has 0 spiro atoms. The number of hydrogen-bond acceptors (Lipinski definition) is 3. The number of benzene rings is 1. The molecule has 0 atom stereocenters. The van der Waals surface area contributed by atoms with Gasteiger partial charge in [0, 0.05) is 12.1 Å². The van der Waals surface area contributed by atoms with Crippen LogP contribution in [0.4, 0.5) is 0 Å². The van der Waals surface area contributed by atoms with Gasteiger partial charge >= 0.3 is 0 Å². The van der Waals surface area contributed by atoms with Crippen LogP contribution in [0.2, 0.25) is 0 Å². The van der Waals surface area contributed by atoms with E-state index in [1.165, 1.54) is 6.26 Å². The third-order valence-electron chi connectivity index (χ3n) is 2.64. The van der Waals surface area contributed by atoms with E-state index < -0.39 is 5.60 Å². The summed E-state index contributed by atoms with van der Waals surface area (Å²) < 4.78 is 5.25. The van der Waals surface area contributed by atoms with Crippen molar-refractivity contribution in [2.75, 3.05) is 6.54 Å². The highest BCUT2D eigenvalue weighted by Gasteiger charge is 2.19. The summed E-state index contributed by atoms with van der Waals surface area (Å²) in [4.78, 5) is 12.0. The van der Waals surface area contributed by atoms with Crippen LogP contribution in [0.5, 0.6) is 0 Å². The molecule has 0 radical (unpaired) electrons. The molecule has 100 valence electrons. The van der Waals surface area contributed by atoms with Crippen LogP contribution in [0, 0.1) is 0 Å². The Morgan fingerprint density at radius 3 is 2.58 bits per heavy atom. The van der Waals surface area contributed by atoms with Crippen LogP contribution in [-0.4, -0.2) is 23.2 Å². The predicted molar refractivity (Wildman–Crippen MR) is 72.8 cm³/mol. The number of amides is 1. The first kappa shape index (κ1) is 13.4. The zero-order valence-corrected chi connectivity index (χ0v) is 11.0. The van der Waals surface area contributed by atoms with Crippen molar-refractivity contribution in [3.8, 4) is 11.1 Å². The van der Waals surface area contributed by atoms with Crippen LogP contribution >= 0.6 is 0 Å². The molecule has 0 saturated carbocycles. The van der Waals surface area contributed by atoms with Gasteiger partial charge in [-0.3, -0.25) is 4.79 Å². The minimum atomic E-state index is -0.949. The summed E-state index contributed by atoms with van der Waals surface area (Å²) in [5.41, 5.74) is 0.716. The Hall–Kier alpha value is -2.07. The Morgan fingerprint density at radius 1 is 1.26 bits per heavy atom. The number of furan rings is 1. The van der Waals surface area contributed by atoms with Crippen LogP contribution in [0.25, 0.3) is 11.1 Å². The van der Waals surface area contributed by atoms with E-state index >= 15 is 0 Å². The van der Waals surface area contributed by atoms with Gasteiger partial charge in [-0.15, -0.1) is 0 Å². The molecule has 0 aliphatic carbocycles. The Kier molecular flexibility index (Phi) is 3.71. The highest BCUT2D eigenvalue weighted by molar-refractivity contribution is 5.98. The molecular formula is C15H17NO3. The first-order valence-electron chi connectivity index (χ1n) is 6.11. The van der Waals surface area contributed by atoms with Gasteiger partial charge in [-0.2, -0.15) is 0 Å². The maximum absolute atomic E-state index is 12.0. The maximum atomic E-state index is 12.0. The van der Waals surface area contributed by atoms with Crippen molar-refractivity contribution in [1.29, 1.82) is 0 Å². The first-order chi connectivity index (χ1) is 8.97. The van der Waals surface area contributed by atoms with Gasteiger partial charge in [-0.25, -0.2) is 0 Å². The molecule has 1 aromatic carbocycles. The number of carbonyl (C=O) groups is 1. The standard InChI is InChI=1S/C15H17NO3/c1-15(2,18)10-16-14(17)13-12(8-9-19-13)11-6-4-3-5-7-11/h3-9,18H,10H2,1-2H3,(H,16,17). The molecule has 1 heterocycles. The molecule has 19 heavy (non-hydrogen) atoms. The highest BCUT2D eigenvalue weighted by atomic mass is 16.3. The molecule has 0 aliphatic rings. The molecule has 0 aliphatic heterocycles. The highest BCUT2D eigenvalue weighted by Crippen LogP contribution is 2.24. The molecule has 2 N–H and O–H groups in total. The SMILES string of the molecule is CC(C)(O)CNC(=O)c1occc1-c1ccccc1. The van der Waals surface area contributed by atoms with Crippen LogP contribution < -0.4 is 5.32 Å². The van der Waals surface area contributed by atoms with Crippen LogP contribution in [-0.2, 0) is 0 Å². The van der Waals surface area contributed by atoms with Gasteiger partial charge in [-0.1, -0.05) is 30.3 Å². The molecule has 2 rings (SSSR count). The average Bonchev–Trinajstić information content (AvgIpc) is 2.85. The third-order valence-corrected chi connectivity index (χ3v) is 2.64. The molecule has 4 heteroatoms. The second-order valence-corrected chi connectivity index (χ2v) is 5.02. The van der Waals surface area contributed by atoms with Gasteiger partial charge in [0.05, 0.1) is 11.9 Å². The molecule has 4 nitrogen and oxygen atoms in total. The fraction of sp³-hybridized carbons (Fsp3) is 0.267. The van der Waals surface area contributed by atoms with E-state index in [0.717, 1.165) is 11.1 Å². The normalized spacial score (nSPS) is 11.3. The zero-order chi connectivity index (χ0) is 13.9. The van der Waals surface area contributed by atoms with Crippen molar-refractivity contribution in [2.45, 2.75) is 19.4 Å². The zero-order valence-electron chi connectivity index (χ0n) is 11.0. The topological polar surface area (TPSA) is 62.5 Å². The summed E-state index contributed by atoms with van der Waals surface area (Å²) in [6.45, 7) is 3.43. The smallest absolute Gasteiger partial charge is 0.287 e. The second-order valence-electron chi connectivity index (χ2n) is 5.02. The molecular weight excluding hydrogens is 242 g/mol. The summed E-state index contributed by atoms with van der Waals surface area (Å²) in [5, 5.41) is 12.3. The van der Waals surface area contributed by atoms with Crippen LogP contribution in [0.15, 0.2) is 47.1 Å². The van der Waals surface area contributed by atoms with Crippen LogP contribution in [0.1, 0.15) is 24.4 Å². The van der Waals surface area contributed by atoms with E-state index in [1.54, 1.807) is 19.9 Å². The minimum absolute atomic E-state index is 0.167. The van der Waals surface area contributed by atoms with Gasteiger partial charge in [0.2, 0.25) is 0 Å². The third kappa shape index (κ3) is 3.45. The summed E-state index contributed by atoms with van der Waals surface area (Å²) >= 11 is 0. The van der Waals surface area contributed by atoms with Gasteiger partial charge < -0.3 is 14.8 Å². The van der Waals surface area contributed by atoms with Crippen molar-refractivity contribution in [3.05, 3.63) is 48.4 Å². The number of aliphatic hydroxyl groups is 1. The summed E-state index contributed by atoms with van der Waals surface area (Å²) in [5.74, 6) is -0.0681. The van der Waals surface area contributed by atoms with Crippen molar-refractivity contribution in [2.24, 2.45) is 0 Å². The van der Waals surface area contributed by atoms with Crippen molar-refractivity contribution in [3.63, 3.8) is 0 Å². The van der Waals surface area contributed by atoms with E-state index in [1.807, 2.05) is 30.3 Å². The van der Waals surface area contributed by atoms with Crippen molar-refractivity contribution in [1.82, 2.24) is 5.32 Å². The number of carbonyl (C=O) groups excluding carboxylic acids is 1. The van der Waals surface area contributed by atoms with E-state index in [2.05, 4.69) is 5.32 Å². The monoisotopic (exact) mass is 259 g/mol. The van der Waals surface area contributed by atoms with Gasteiger partial charge in [0.25, 0.3) is 5.91 Å². The number of nitrogens with one attached hydrogen (secondary N) is 1. The summed E-state index contributed by atoms with van der Waals surface area (Å²) in [7, 11) is 0. The lowest BCUT2D eigenvalue weighted by molar-refractivity contribution is 0.0681. The quantitative estimate of drug-likeness (QED) is 0.886. The fourth-order valence-electron chi connectivity index (χ4n) is 1.71. The largest absolute Gasteiger partial charge is 0.459 e. The summed E-state index contributed by atoms with van der Waals surface area (Å²) in [6, 6.07) is 11.3. The Balaban J connectivity index is 2.18. The van der Waals surface area contributed by atoms with Crippen molar-refractivity contribution < 1.29 is 14.3 Å². The van der Waals surface area contributed by atoms with E-state index in [4.69, 9.17) is 4.42 Å². The molecule has 0 unspecified atom stereocenters. The van der Waals surface area contributed by atoms with Crippen LogP contribution in [0.3, 0.4) is 0 Å². The minimum Gasteiger partial charge on any atom is -0.459 e. The molecule has 0 saturated heterocycles. The predicted octanol–water partition coefficient (Wildman–Crippen LogP) is 2.45. The fourth-order valence-corrected chi connectivity index (χ4v) is 1.71. The number of hydrogen-bond donors (Lipinski definition) is 2. The second kappa shape index (κ2) is 5.28. The maximum Gasteiger partial charge on any atom is 0.287 e. The summed E-state index contributed by atoms with van der Waals surface area (Å²) in [6.07, 6.45) is 1.49. The molecule has 0 fully saturated rings. The van der Waals surface area contributed by atoms with Gasteiger partial charge in [0.1, 0.15) is 0 Å². The lowest BCUT2D eigenvalue weighted by Crippen LogP contribution is -2.38. The first-order valence-corrected chi connectivity index (χ1v) is 6.11. The van der Waals surface area contributed by atoms with E-state index in [9.17, 15) is 9.90 Å². The number of rotatable bonds is 4.